The monoisotopic (exact) mass is 330 g/mol. The number of amides is 1. The van der Waals surface area contributed by atoms with Crippen LogP contribution in [0.15, 0.2) is 30.5 Å². The van der Waals surface area contributed by atoms with Gasteiger partial charge in [0, 0.05) is 5.56 Å². The van der Waals surface area contributed by atoms with Crippen molar-refractivity contribution in [1.82, 2.24) is 20.3 Å². The van der Waals surface area contributed by atoms with Crippen molar-refractivity contribution in [1.29, 1.82) is 0 Å². The maximum atomic E-state index is 12.1. The Morgan fingerprint density at radius 1 is 1.29 bits per heavy atom. The lowest BCUT2D eigenvalue weighted by atomic mass is 10.2. The number of carboxylic acids is 1. The van der Waals surface area contributed by atoms with Crippen molar-refractivity contribution in [3.05, 3.63) is 41.7 Å². The normalized spacial score (nSPS) is 13.5. The van der Waals surface area contributed by atoms with Crippen LogP contribution in [0.5, 0.6) is 5.75 Å². The molecule has 0 saturated heterocycles. The zero-order valence-electron chi connectivity index (χ0n) is 13.0. The van der Waals surface area contributed by atoms with E-state index in [1.807, 2.05) is 0 Å². The molecule has 3 rings (SSSR count). The number of nitrogens with one attached hydrogen (secondary N) is 1. The number of rotatable bonds is 8. The molecule has 1 saturated carbocycles. The molecule has 0 bridgehead atoms. The number of carboxylic acid groups (broad SMARTS) is 1. The highest BCUT2D eigenvalue weighted by molar-refractivity contribution is 5.94. The van der Waals surface area contributed by atoms with Crippen LogP contribution in [-0.4, -0.2) is 38.6 Å². The van der Waals surface area contributed by atoms with E-state index in [2.05, 4.69) is 15.6 Å². The highest BCUT2D eigenvalue weighted by atomic mass is 16.5. The third kappa shape index (κ3) is 4.55. The fourth-order valence-electron chi connectivity index (χ4n) is 2.11. The average molecular weight is 330 g/mol. The Balaban J connectivity index is 1.48. The van der Waals surface area contributed by atoms with Gasteiger partial charge in [-0.25, -0.2) is 4.68 Å². The molecule has 2 N–H and O–H groups in total. The molecule has 126 valence electrons. The summed E-state index contributed by atoms with van der Waals surface area (Å²) in [6.45, 7) is 0.652. The molecule has 1 aliphatic rings. The Morgan fingerprint density at radius 2 is 2.04 bits per heavy atom. The lowest BCUT2D eigenvalue weighted by Gasteiger charge is -2.06. The van der Waals surface area contributed by atoms with Gasteiger partial charge >= 0.3 is 5.97 Å². The first-order valence-corrected chi connectivity index (χ1v) is 7.72. The SMILES string of the molecule is O=C(O)Cn1cc(CNC(=O)c2ccc(OCC3CC3)cc2)nn1. The largest absolute Gasteiger partial charge is 0.493 e. The predicted molar refractivity (Wildman–Crippen MR) is 83.5 cm³/mol. The Hall–Kier alpha value is -2.90. The van der Waals surface area contributed by atoms with Crippen molar-refractivity contribution >= 4 is 11.9 Å². The van der Waals surface area contributed by atoms with Crippen LogP contribution >= 0.6 is 0 Å². The van der Waals surface area contributed by atoms with Gasteiger partial charge < -0.3 is 15.2 Å². The third-order valence-electron chi connectivity index (χ3n) is 3.61. The van der Waals surface area contributed by atoms with Gasteiger partial charge in [-0.15, -0.1) is 5.10 Å². The number of ether oxygens (including phenoxy) is 1. The van der Waals surface area contributed by atoms with Crippen LogP contribution in [0.3, 0.4) is 0 Å². The predicted octanol–water partition coefficient (Wildman–Crippen LogP) is 1.08. The van der Waals surface area contributed by atoms with E-state index >= 15 is 0 Å². The second kappa shape index (κ2) is 7.12. The van der Waals surface area contributed by atoms with E-state index in [1.165, 1.54) is 23.7 Å². The summed E-state index contributed by atoms with van der Waals surface area (Å²) in [4.78, 5) is 22.7. The molecule has 0 radical (unpaired) electrons. The lowest BCUT2D eigenvalue weighted by Crippen LogP contribution is -2.22. The van der Waals surface area contributed by atoms with Crippen molar-refractivity contribution < 1.29 is 19.4 Å². The average Bonchev–Trinajstić information content (AvgIpc) is 3.30. The number of carbonyl (C=O) groups excluding carboxylic acids is 1. The molecule has 1 aliphatic carbocycles. The number of benzene rings is 1. The Kier molecular flexibility index (Phi) is 4.74. The number of aromatic nitrogens is 3. The molecule has 0 spiro atoms. The minimum Gasteiger partial charge on any atom is -0.493 e. The summed E-state index contributed by atoms with van der Waals surface area (Å²) in [7, 11) is 0. The van der Waals surface area contributed by atoms with E-state index in [-0.39, 0.29) is 19.0 Å². The van der Waals surface area contributed by atoms with Gasteiger partial charge in [0.1, 0.15) is 18.0 Å². The number of hydrogen-bond acceptors (Lipinski definition) is 5. The van der Waals surface area contributed by atoms with Crippen molar-refractivity contribution in [2.24, 2.45) is 5.92 Å². The van der Waals surface area contributed by atoms with E-state index in [9.17, 15) is 9.59 Å². The summed E-state index contributed by atoms with van der Waals surface area (Å²) in [6, 6.07) is 6.97. The molecule has 1 aromatic heterocycles. The molecule has 1 aromatic carbocycles. The van der Waals surface area contributed by atoms with E-state index in [4.69, 9.17) is 9.84 Å². The molecule has 0 atom stereocenters. The summed E-state index contributed by atoms with van der Waals surface area (Å²) in [5.74, 6) is 0.202. The van der Waals surface area contributed by atoms with Crippen molar-refractivity contribution in [2.45, 2.75) is 25.9 Å². The van der Waals surface area contributed by atoms with Crippen molar-refractivity contribution in [3.8, 4) is 5.75 Å². The number of hydrogen-bond donors (Lipinski definition) is 2. The molecule has 2 aromatic rings. The smallest absolute Gasteiger partial charge is 0.325 e. The Morgan fingerprint density at radius 3 is 2.71 bits per heavy atom. The summed E-state index contributed by atoms with van der Waals surface area (Å²) in [5, 5.41) is 18.9. The van der Waals surface area contributed by atoms with Crippen LogP contribution in [0.4, 0.5) is 0 Å². The molecule has 0 unspecified atom stereocenters. The topological polar surface area (TPSA) is 106 Å². The van der Waals surface area contributed by atoms with Gasteiger partial charge in [0.2, 0.25) is 0 Å². The van der Waals surface area contributed by atoms with E-state index in [1.54, 1.807) is 24.3 Å². The standard InChI is InChI=1S/C16H18N4O4/c21-15(22)9-20-8-13(18-19-20)7-17-16(23)12-3-5-14(6-4-12)24-10-11-1-2-11/h3-6,8,11H,1-2,7,9-10H2,(H,17,23)(H,21,22). The number of aliphatic carboxylic acids is 1. The van der Waals surface area contributed by atoms with Crippen molar-refractivity contribution in [3.63, 3.8) is 0 Å². The summed E-state index contributed by atoms with van der Waals surface area (Å²) in [6.07, 6.45) is 3.96. The van der Waals surface area contributed by atoms with Gasteiger partial charge in [0.25, 0.3) is 5.91 Å². The van der Waals surface area contributed by atoms with Crippen LogP contribution in [-0.2, 0) is 17.9 Å². The third-order valence-corrected chi connectivity index (χ3v) is 3.61. The summed E-state index contributed by atoms with van der Waals surface area (Å²) < 4.78 is 6.83. The van der Waals surface area contributed by atoms with Gasteiger partial charge in [-0.05, 0) is 43.0 Å². The highest BCUT2D eigenvalue weighted by Gasteiger charge is 2.21. The lowest BCUT2D eigenvalue weighted by molar-refractivity contribution is -0.137. The summed E-state index contributed by atoms with van der Waals surface area (Å²) in [5.41, 5.74) is 1.01. The fourth-order valence-corrected chi connectivity index (χ4v) is 2.11. The van der Waals surface area contributed by atoms with Gasteiger partial charge in [-0.2, -0.15) is 0 Å². The highest BCUT2D eigenvalue weighted by Crippen LogP contribution is 2.29. The summed E-state index contributed by atoms with van der Waals surface area (Å²) >= 11 is 0. The van der Waals surface area contributed by atoms with Crippen LogP contribution in [0.25, 0.3) is 0 Å². The van der Waals surface area contributed by atoms with Crippen LogP contribution < -0.4 is 10.1 Å². The molecule has 0 aliphatic heterocycles. The first-order valence-electron chi connectivity index (χ1n) is 7.72. The molecule has 8 nitrogen and oxygen atoms in total. The van der Waals surface area contributed by atoms with E-state index in [0.717, 1.165) is 12.4 Å². The van der Waals surface area contributed by atoms with E-state index in [0.29, 0.717) is 17.2 Å². The quantitative estimate of drug-likeness (QED) is 0.750. The minimum atomic E-state index is -1.00. The molecular weight excluding hydrogens is 312 g/mol. The van der Waals surface area contributed by atoms with Crippen LogP contribution in [0.1, 0.15) is 28.9 Å². The zero-order chi connectivity index (χ0) is 16.9. The Labute approximate surface area is 138 Å². The van der Waals surface area contributed by atoms with Gasteiger partial charge in [-0.3, -0.25) is 9.59 Å². The minimum absolute atomic E-state index is 0.179. The zero-order valence-corrected chi connectivity index (χ0v) is 13.0. The molecule has 1 fully saturated rings. The maximum Gasteiger partial charge on any atom is 0.325 e. The van der Waals surface area contributed by atoms with Crippen molar-refractivity contribution in [2.75, 3.05) is 6.61 Å². The molecule has 1 amide bonds. The number of carbonyl (C=O) groups is 2. The molecular formula is C16H18N4O4. The second-order valence-corrected chi connectivity index (χ2v) is 5.76. The van der Waals surface area contributed by atoms with Crippen LogP contribution in [0, 0.1) is 5.92 Å². The van der Waals surface area contributed by atoms with Gasteiger partial charge in [-0.1, -0.05) is 5.21 Å². The first kappa shape index (κ1) is 16.0. The maximum absolute atomic E-state index is 12.1. The van der Waals surface area contributed by atoms with E-state index < -0.39 is 5.97 Å². The van der Waals surface area contributed by atoms with Crippen LogP contribution in [0.2, 0.25) is 0 Å². The Bertz CT molecular complexity index is 722. The number of nitrogens with zero attached hydrogens (tertiary/aromatic N) is 3. The van der Waals surface area contributed by atoms with Gasteiger partial charge in [0.05, 0.1) is 19.3 Å². The molecule has 1 heterocycles. The van der Waals surface area contributed by atoms with Gasteiger partial charge in [0.15, 0.2) is 0 Å². The molecule has 24 heavy (non-hydrogen) atoms. The second-order valence-electron chi connectivity index (χ2n) is 5.76. The fraction of sp³-hybridized carbons (Fsp3) is 0.375. The first-order chi connectivity index (χ1) is 11.6. The molecule has 8 heteroatoms.